The number of carboxylic acid groups (broad SMARTS) is 1. The average molecular weight is 257 g/mol. The lowest BCUT2D eigenvalue weighted by molar-refractivity contribution is -0.140. The Morgan fingerprint density at radius 2 is 2.06 bits per heavy atom. The van der Waals surface area contributed by atoms with E-state index >= 15 is 0 Å². The Morgan fingerprint density at radius 1 is 1.41 bits per heavy atom. The van der Waals surface area contributed by atoms with Crippen molar-refractivity contribution in [3.63, 3.8) is 0 Å². The predicted molar refractivity (Wildman–Crippen MR) is 63.0 cm³/mol. The van der Waals surface area contributed by atoms with Gasteiger partial charge in [0.15, 0.2) is 0 Å². The maximum absolute atomic E-state index is 11.7. The summed E-state index contributed by atoms with van der Waals surface area (Å²) in [5.41, 5.74) is 0.140. The Bertz CT molecular complexity index is 417. The molecule has 0 aromatic carbocycles. The minimum Gasteiger partial charge on any atom is -0.480 e. The monoisotopic (exact) mass is 256 g/mol. The highest BCUT2D eigenvalue weighted by Crippen LogP contribution is 2.07. The van der Waals surface area contributed by atoms with E-state index in [0.29, 0.717) is 5.02 Å². The molecule has 1 amide bonds. The van der Waals surface area contributed by atoms with Gasteiger partial charge in [0, 0.05) is 6.20 Å². The number of carbonyl (C=O) groups is 2. The van der Waals surface area contributed by atoms with E-state index in [1.165, 1.54) is 18.3 Å². The zero-order chi connectivity index (χ0) is 13.0. The number of nitrogens with zero attached hydrogens (tertiary/aromatic N) is 1. The predicted octanol–water partition coefficient (Wildman–Crippen LogP) is 1.57. The highest BCUT2D eigenvalue weighted by atomic mass is 35.5. The molecule has 1 unspecified atom stereocenters. The lowest BCUT2D eigenvalue weighted by Crippen LogP contribution is -2.44. The molecule has 2 N–H and O–H groups in total. The van der Waals surface area contributed by atoms with Gasteiger partial charge in [-0.1, -0.05) is 25.4 Å². The van der Waals surface area contributed by atoms with E-state index in [1.807, 2.05) is 0 Å². The molecule has 0 radical (unpaired) electrons. The maximum Gasteiger partial charge on any atom is 0.326 e. The summed E-state index contributed by atoms with van der Waals surface area (Å²) < 4.78 is 0. The smallest absolute Gasteiger partial charge is 0.326 e. The van der Waals surface area contributed by atoms with Crippen LogP contribution in [0.1, 0.15) is 24.3 Å². The second-order valence-electron chi connectivity index (χ2n) is 3.90. The molecule has 1 atom stereocenters. The van der Waals surface area contributed by atoms with E-state index in [1.54, 1.807) is 13.8 Å². The number of aliphatic carboxylic acids is 1. The SMILES string of the molecule is CC(C)C(NC(=O)c1ccc(Cl)cn1)C(=O)O. The molecular formula is C11H13ClN2O3. The Kier molecular flexibility index (Phi) is 4.45. The molecule has 17 heavy (non-hydrogen) atoms. The summed E-state index contributed by atoms with van der Waals surface area (Å²) in [6.45, 7) is 3.43. The van der Waals surface area contributed by atoms with Crippen LogP contribution in [0, 0.1) is 5.92 Å². The van der Waals surface area contributed by atoms with Crippen molar-refractivity contribution in [3.05, 3.63) is 29.0 Å². The fourth-order valence-corrected chi connectivity index (χ4v) is 1.35. The van der Waals surface area contributed by atoms with Crippen molar-refractivity contribution in [2.45, 2.75) is 19.9 Å². The Labute approximate surface area is 104 Å². The van der Waals surface area contributed by atoms with Gasteiger partial charge in [-0.3, -0.25) is 4.79 Å². The van der Waals surface area contributed by atoms with Crippen LogP contribution in [-0.2, 0) is 4.79 Å². The third-order valence-electron chi connectivity index (χ3n) is 2.18. The Balaban J connectivity index is 2.77. The van der Waals surface area contributed by atoms with Gasteiger partial charge >= 0.3 is 5.97 Å². The van der Waals surface area contributed by atoms with E-state index in [4.69, 9.17) is 16.7 Å². The number of rotatable bonds is 4. The molecular weight excluding hydrogens is 244 g/mol. The number of nitrogens with one attached hydrogen (secondary N) is 1. The standard InChI is InChI=1S/C11H13ClN2O3/c1-6(2)9(11(16)17)14-10(15)8-4-3-7(12)5-13-8/h3-6,9H,1-2H3,(H,14,15)(H,16,17). The van der Waals surface area contributed by atoms with Crippen LogP contribution in [0.3, 0.4) is 0 Å². The van der Waals surface area contributed by atoms with E-state index in [2.05, 4.69) is 10.3 Å². The molecule has 6 heteroatoms. The van der Waals surface area contributed by atoms with Gasteiger partial charge in [0.2, 0.25) is 0 Å². The van der Waals surface area contributed by atoms with Crippen molar-refractivity contribution in [1.29, 1.82) is 0 Å². The largest absolute Gasteiger partial charge is 0.480 e. The first-order valence-electron chi connectivity index (χ1n) is 5.07. The minimum atomic E-state index is -1.07. The number of halogens is 1. The molecule has 0 saturated heterocycles. The van der Waals surface area contributed by atoms with Crippen molar-refractivity contribution in [1.82, 2.24) is 10.3 Å². The molecule has 0 bridgehead atoms. The van der Waals surface area contributed by atoms with Crippen LogP contribution in [0.15, 0.2) is 18.3 Å². The van der Waals surface area contributed by atoms with Crippen molar-refractivity contribution >= 4 is 23.5 Å². The first kappa shape index (κ1) is 13.4. The summed E-state index contributed by atoms with van der Waals surface area (Å²) in [6.07, 6.45) is 1.33. The third-order valence-corrected chi connectivity index (χ3v) is 2.40. The summed E-state index contributed by atoms with van der Waals surface area (Å²) >= 11 is 5.63. The first-order valence-corrected chi connectivity index (χ1v) is 5.45. The molecule has 0 aliphatic rings. The minimum absolute atomic E-state index is 0.140. The van der Waals surface area contributed by atoms with Gasteiger partial charge in [0.1, 0.15) is 11.7 Å². The average Bonchev–Trinajstić information content (AvgIpc) is 2.25. The van der Waals surface area contributed by atoms with Gasteiger partial charge in [0.05, 0.1) is 5.02 Å². The van der Waals surface area contributed by atoms with Crippen LogP contribution in [-0.4, -0.2) is 28.0 Å². The van der Waals surface area contributed by atoms with Gasteiger partial charge in [-0.05, 0) is 18.1 Å². The van der Waals surface area contributed by atoms with E-state index in [0.717, 1.165) is 0 Å². The van der Waals surface area contributed by atoms with Gasteiger partial charge in [-0.15, -0.1) is 0 Å². The van der Waals surface area contributed by atoms with Crippen LogP contribution in [0.2, 0.25) is 5.02 Å². The van der Waals surface area contributed by atoms with Crippen molar-refractivity contribution in [2.24, 2.45) is 5.92 Å². The highest BCUT2D eigenvalue weighted by Gasteiger charge is 2.24. The molecule has 0 aliphatic carbocycles. The second kappa shape index (κ2) is 5.63. The summed E-state index contributed by atoms with van der Waals surface area (Å²) in [4.78, 5) is 26.4. The van der Waals surface area contributed by atoms with E-state index in [9.17, 15) is 9.59 Å². The quantitative estimate of drug-likeness (QED) is 0.857. The van der Waals surface area contributed by atoms with Crippen molar-refractivity contribution in [3.8, 4) is 0 Å². The number of aromatic nitrogens is 1. The highest BCUT2D eigenvalue weighted by molar-refractivity contribution is 6.30. The summed E-state index contributed by atoms with van der Waals surface area (Å²) in [6, 6.07) is 2.03. The summed E-state index contributed by atoms with van der Waals surface area (Å²) in [5, 5.41) is 11.8. The van der Waals surface area contributed by atoms with E-state index < -0.39 is 17.9 Å². The van der Waals surface area contributed by atoms with Crippen LogP contribution in [0.4, 0.5) is 0 Å². The molecule has 1 aromatic rings. The molecule has 0 fully saturated rings. The molecule has 1 aromatic heterocycles. The zero-order valence-electron chi connectivity index (χ0n) is 9.48. The molecule has 0 aliphatic heterocycles. The molecule has 0 saturated carbocycles. The van der Waals surface area contributed by atoms with Gasteiger partial charge in [0.25, 0.3) is 5.91 Å². The Morgan fingerprint density at radius 3 is 2.47 bits per heavy atom. The van der Waals surface area contributed by atoms with Crippen molar-refractivity contribution < 1.29 is 14.7 Å². The number of carboxylic acids is 1. The number of pyridine rings is 1. The van der Waals surface area contributed by atoms with Gasteiger partial charge < -0.3 is 10.4 Å². The molecule has 92 valence electrons. The number of hydrogen-bond acceptors (Lipinski definition) is 3. The lowest BCUT2D eigenvalue weighted by Gasteiger charge is -2.17. The second-order valence-corrected chi connectivity index (χ2v) is 4.33. The maximum atomic E-state index is 11.7. The summed E-state index contributed by atoms with van der Waals surface area (Å²) in [5.74, 6) is -1.80. The summed E-state index contributed by atoms with van der Waals surface area (Å²) in [7, 11) is 0. The lowest BCUT2D eigenvalue weighted by atomic mass is 10.0. The zero-order valence-corrected chi connectivity index (χ0v) is 10.2. The van der Waals surface area contributed by atoms with Crippen LogP contribution in [0.5, 0.6) is 0 Å². The molecule has 1 rings (SSSR count). The van der Waals surface area contributed by atoms with Crippen molar-refractivity contribution in [2.75, 3.05) is 0 Å². The van der Waals surface area contributed by atoms with E-state index in [-0.39, 0.29) is 11.6 Å². The number of carbonyl (C=O) groups excluding carboxylic acids is 1. The van der Waals surface area contributed by atoms with Crippen LogP contribution in [0.25, 0.3) is 0 Å². The first-order chi connectivity index (χ1) is 7.91. The normalized spacial score (nSPS) is 12.2. The molecule has 1 heterocycles. The number of hydrogen-bond donors (Lipinski definition) is 2. The third kappa shape index (κ3) is 3.71. The topological polar surface area (TPSA) is 79.3 Å². The fraction of sp³-hybridized carbons (Fsp3) is 0.364. The van der Waals surface area contributed by atoms with Gasteiger partial charge in [-0.25, -0.2) is 9.78 Å². The molecule has 5 nitrogen and oxygen atoms in total. The molecule has 0 spiro atoms. The van der Waals surface area contributed by atoms with Gasteiger partial charge in [-0.2, -0.15) is 0 Å². The fourth-order valence-electron chi connectivity index (χ4n) is 1.24. The van der Waals surface area contributed by atoms with Crippen LogP contribution >= 0.6 is 11.6 Å². The number of amides is 1. The van der Waals surface area contributed by atoms with Crippen LogP contribution < -0.4 is 5.32 Å². The Hall–Kier alpha value is -1.62.